The predicted molar refractivity (Wildman–Crippen MR) is 116 cm³/mol. The van der Waals surface area contributed by atoms with Gasteiger partial charge in [-0.1, -0.05) is 0 Å². The van der Waals surface area contributed by atoms with Crippen LogP contribution in [0.2, 0.25) is 0 Å². The van der Waals surface area contributed by atoms with E-state index in [9.17, 15) is 23.5 Å². The lowest BCUT2D eigenvalue weighted by atomic mass is 9.88. The lowest BCUT2D eigenvalue weighted by molar-refractivity contribution is -0.147. The van der Waals surface area contributed by atoms with Gasteiger partial charge in [-0.3, -0.25) is 4.79 Å². The number of carbonyl (C=O) groups excluding carboxylic acids is 1. The largest absolute Gasteiger partial charge is 0.481 e. The molecule has 7 nitrogen and oxygen atoms in total. The maximum absolute atomic E-state index is 13.7. The summed E-state index contributed by atoms with van der Waals surface area (Å²) >= 11 is 1.56. The second-order valence-corrected chi connectivity index (χ2v) is 9.36. The Morgan fingerprint density at radius 1 is 1.29 bits per heavy atom. The Balaban J connectivity index is 1.46. The zero-order chi connectivity index (χ0) is 22.6. The summed E-state index contributed by atoms with van der Waals surface area (Å²) in [6.45, 7) is 4.89. The third-order valence-electron chi connectivity index (χ3n) is 5.41. The maximum atomic E-state index is 13.7. The third kappa shape index (κ3) is 6.13. The summed E-state index contributed by atoms with van der Waals surface area (Å²) in [5.74, 6) is -2.34. The molecule has 1 saturated heterocycles. The molecule has 0 spiro atoms. The van der Waals surface area contributed by atoms with Gasteiger partial charge in [-0.2, -0.15) is 0 Å². The minimum Gasteiger partial charge on any atom is -0.481 e. The molecule has 1 aliphatic heterocycles. The van der Waals surface area contributed by atoms with Crippen LogP contribution in [-0.4, -0.2) is 41.2 Å². The van der Waals surface area contributed by atoms with Crippen molar-refractivity contribution >= 4 is 34.0 Å². The third-order valence-corrected chi connectivity index (χ3v) is 6.52. The zero-order valence-corrected chi connectivity index (χ0v) is 18.3. The van der Waals surface area contributed by atoms with Gasteiger partial charge in [0.15, 0.2) is 0 Å². The molecule has 3 N–H and O–H groups in total. The molecule has 0 bridgehead atoms. The Bertz CT molecular complexity index is 942. The highest BCUT2D eigenvalue weighted by Gasteiger charge is 2.27. The molecule has 0 radical (unpaired) electrons. The number of urea groups is 1. The number of nitrogens with zero attached hydrogens (tertiary/aromatic N) is 2. The number of nitrogens with one attached hydrogen (secondary N) is 2. The number of rotatable bonds is 7. The Morgan fingerprint density at radius 2 is 2.00 bits per heavy atom. The number of hydrogen-bond donors (Lipinski definition) is 3. The first kappa shape index (κ1) is 22.9. The Morgan fingerprint density at radius 3 is 2.65 bits per heavy atom. The van der Waals surface area contributed by atoms with Crippen molar-refractivity contribution in [3.8, 4) is 0 Å². The molecule has 0 atom stereocenters. The molecule has 1 aliphatic rings. The molecule has 0 unspecified atom stereocenters. The number of carbonyl (C=O) groups is 2. The minimum absolute atomic E-state index is 0.0523. The molecule has 168 valence electrons. The van der Waals surface area contributed by atoms with Gasteiger partial charge < -0.3 is 20.6 Å². The molecule has 1 fully saturated rings. The molecule has 2 amide bonds. The van der Waals surface area contributed by atoms with Crippen molar-refractivity contribution in [3.63, 3.8) is 0 Å². The van der Waals surface area contributed by atoms with Crippen molar-refractivity contribution in [1.82, 2.24) is 10.3 Å². The Hall–Kier alpha value is -2.75. The van der Waals surface area contributed by atoms with E-state index in [1.54, 1.807) is 25.2 Å². The second kappa shape index (κ2) is 9.59. The van der Waals surface area contributed by atoms with Crippen molar-refractivity contribution in [2.75, 3.05) is 23.3 Å². The molecular formula is C21H26F2N4O3S. The fourth-order valence-electron chi connectivity index (χ4n) is 3.27. The molecular weight excluding hydrogens is 426 g/mol. The molecule has 2 heterocycles. The summed E-state index contributed by atoms with van der Waals surface area (Å²) < 4.78 is 26.6. The topological polar surface area (TPSA) is 94.6 Å². The highest BCUT2D eigenvalue weighted by atomic mass is 32.1. The molecule has 0 aliphatic carbocycles. The standard InChI is InChI=1S/C21H26F2N4O3S/c1-21(2,19(28)29)8-5-17-24-12-18(31-17)27-9-6-14(7-10-27)25-20(30)26-16-4-3-13(22)11-15(16)23/h3-4,11-12,14H,5-10H2,1-2H3,(H,28,29)(H2,25,26,30). The molecule has 31 heavy (non-hydrogen) atoms. The molecule has 10 heteroatoms. The van der Waals surface area contributed by atoms with Crippen LogP contribution in [0.4, 0.5) is 24.3 Å². The number of thiazole rings is 1. The molecule has 2 aromatic rings. The lowest BCUT2D eigenvalue weighted by Gasteiger charge is -2.32. The summed E-state index contributed by atoms with van der Waals surface area (Å²) in [5.41, 5.74) is -0.854. The normalized spacial score (nSPS) is 15.0. The van der Waals surface area contributed by atoms with Gasteiger partial charge in [0, 0.05) is 31.6 Å². The maximum Gasteiger partial charge on any atom is 0.319 e. The van der Waals surface area contributed by atoms with Crippen LogP contribution in [0.3, 0.4) is 0 Å². The Kier molecular flexibility index (Phi) is 7.09. The van der Waals surface area contributed by atoms with E-state index in [-0.39, 0.29) is 11.7 Å². The summed E-state index contributed by atoms with van der Waals surface area (Å²) in [6, 6.07) is 2.42. The van der Waals surface area contributed by atoms with E-state index < -0.39 is 29.0 Å². The zero-order valence-electron chi connectivity index (χ0n) is 17.5. The van der Waals surface area contributed by atoms with Crippen molar-refractivity contribution in [2.24, 2.45) is 5.41 Å². The SMILES string of the molecule is CC(C)(CCc1ncc(N2CCC(NC(=O)Nc3ccc(F)cc3F)CC2)s1)C(=O)O. The average Bonchev–Trinajstić information content (AvgIpc) is 3.18. The number of piperidine rings is 1. The van der Waals surface area contributed by atoms with E-state index in [0.29, 0.717) is 12.8 Å². The summed E-state index contributed by atoms with van der Waals surface area (Å²) in [4.78, 5) is 30.0. The van der Waals surface area contributed by atoms with Crippen LogP contribution in [0.1, 0.15) is 38.1 Å². The van der Waals surface area contributed by atoms with Gasteiger partial charge in [-0.05, 0) is 45.2 Å². The number of halogens is 2. The summed E-state index contributed by atoms with van der Waals surface area (Å²) in [6.07, 6.45) is 4.38. The number of anilines is 2. The van der Waals surface area contributed by atoms with Gasteiger partial charge in [0.05, 0.1) is 22.3 Å². The van der Waals surface area contributed by atoms with E-state index in [1.807, 2.05) is 6.20 Å². The van der Waals surface area contributed by atoms with Crippen molar-refractivity contribution in [1.29, 1.82) is 0 Å². The quantitative estimate of drug-likeness (QED) is 0.584. The van der Waals surface area contributed by atoms with Gasteiger partial charge >= 0.3 is 12.0 Å². The number of carboxylic acids is 1. The number of amides is 2. The lowest BCUT2D eigenvalue weighted by Crippen LogP contribution is -2.46. The summed E-state index contributed by atoms with van der Waals surface area (Å²) in [5, 5.41) is 16.4. The molecule has 1 aromatic carbocycles. The van der Waals surface area contributed by atoms with Gasteiger partial charge in [-0.25, -0.2) is 18.6 Å². The molecule has 0 saturated carbocycles. The highest BCUT2D eigenvalue weighted by Crippen LogP contribution is 2.30. The predicted octanol–water partition coefficient (Wildman–Crippen LogP) is 4.26. The summed E-state index contributed by atoms with van der Waals surface area (Å²) in [7, 11) is 0. The van der Waals surface area contributed by atoms with E-state index in [0.717, 1.165) is 48.1 Å². The van der Waals surface area contributed by atoms with Crippen LogP contribution >= 0.6 is 11.3 Å². The number of hydrogen-bond acceptors (Lipinski definition) is 5. The first-order chi connectivity index (χ1) is 14.6. The van der Waals surface area contributed by atoms with Crippen LogP contribution in [-0.2, 0) is 11.2 Å². The second-order valence-electron chi connectivity index (χ2n) is 8.27. The van der Waals surface area contributed by atoms with E-state index in [4.69, 9.17) is 0 Å². The fourth-order valence-corrected chi connectivity index (χ4v) is 4.24. The number of aryl methyl sites for hydroxylation is 1. The first-order valence-corrected chi connectivity index (χ1v) is 10.9. The number of aliphatic carboxylic acids is 1. The number of aromatic nitrogens is 1. The fraction of sp³-hybridized carbons (Fsp3) is 0.476. The minimum atomic E-state index is -0.822. The van der Waals surface area contributed by atoms with E-state index >= 15 is 0 Å². The molecule has 1 aromatic heterocycles. The van der Waals surface area contributed by atoms with Crippen LogP contribution in [0.5, 0.6) is 0 Å². The first-order valence-electron chi connectivity index (χ1n) is 10.1. The van der Waals surface area contributed by atoms with Crippen molar-refractivity contribution in [2.45, 2.75) is 45.6 Å². The van der Waals surface area contributed by atoms with Crippen molar-refractivity contribution in [3.05, 3.63) is 41.0 Å². The van der Waals surface area contributed by atoms with Crippen LogP contribution in [0.15, 0.2) is 24.4 Å². The number of benzene rings is 1. The monoisotopic (exact) mass is 452 g/mol. The number of carboxylic acid groups (broad SMARTS) is 1. The average molecular weight is 453 g/mol. The van der Waals surface area contributed by atoms with Gasteiger partial charge in [-0.15, -0.1) is 11.3 Å². The van der Waals surface area contributed by atoms with Crippen molar-refractivity contribution < 1.29 is 23.5 Å². The Labute approximate surface area is 183 Å². The highest BCUT2D eigenvalue weighted by molar-refractivity contribution is 7.15. The van der Waals surface area contributed by atoms with Gasteiger partial charge in [0.2, 0.25) is 0 Å². The van der Waals surface area contributed by atoms with E-state index in [1.165, 1.54) is 6.07 Å². The van der Waals surface area contributed by atoms with Gasteiger partial charge in [0.1, 0.15) is 16.6 Å². The van der Waals surface area contributed by atoms with Crippen LogP contribution in [0.25, 0.3) is 0 Å². The van der Waals surface area contributed by atoms with Crippen LogP contribution in [0, 0.1) is 17.0 Å². The van der Waals surface area contributed by atoms with Crippen LogP contribution < -0.4 is 15.5 Å². The smallest absolute Gasteiger partial charge is 0.319 e. The van der Waals surface area contributed by atoms with E-state index in [2.05, 4.69) is 20.5 Å². The van der Waals surface area contributed by atoms with Gasteiger partial charge in [0.25, 0.3) is 0 Å². The molecule has 3 rings (SSSR count).